The number of carbonyl (C=O) groups excluding carboxylic acids is 2. The fraction of sp³-hybridized carbons (Fsp3) is 0.600. The van der Waals surface area contributed by atoms with Crippen molar-refractivity contribution in [3.8, 4) is 0 Å². The minimum absolute atomic E-state index is 0.0595. The Morgan fingerprint density at radius 2 is 1.85 bits per heavy atom. The van der Waals surface area contributed by atoms with Gasteiger partial charge in [0.25, 0.3) is 5.91 Å². The molecule has 1 aromatic rings. The highest BCUT2D eigenvalue weighted by Gasteiger charge is 2.37. The van der Waals surface area contributed by atoms with Crippen LogP contribution in [0.1, 0.15) is 55.5 Å². The molecule has 0 saturated heterocycles. The molecule has 2 rings (SSSR count). The van der Waals surface area contributed by atoms with E-state index in [1.165, 1.54) is 12.8 Å². The van der Waals surface area contributed by atoms with E-state index in [9.17, 15) is 9.59 Å². The van der Waals surface area contributed by atoms with Gasteiger partial charge >= 0.3 is 6.03 Å². The molecule has 3 N–H and O–H groups in total. The molecule has 1 fully saturated rings. The third-order valence-electron chi connectivity index (χ3n) is 5.56. The number of nitrogens with zero attached hydrogens (tertiary/aromatic N) is 1. The molecule has 0 unspecified atom stereocenters. The fourth-order valence-corrected chi connectivity index (χ4v) is 3.75. The monoisotopic (exact) mass is 360 g/mol. The van der Waals surface area contributed by atoms with Crippen LogP contribution < -0.4 is 16.0 Å². The zero-order valence-corrected chi connectivity index (χ0v) is 16.4. The maximum absolute atomic E-state index is 12.4. The Morgan fingerprint density at radius 1 is 1.15 bits per heavy atom. The van der Waals surface area contributed by atoms with Gasteiger partial charge in [-0.1, -0.05) is 25.8 Å². The predicted molar refractivity (Wildman–Crippen MR) is 106 cm³/mol. The van der Waals surface area contributed by atoms with E-state index in [-0.39, 0.29) is 17.5 Å². The Bertz CT molecular complexity index is 639. The number of hydrogen-bond acceptors (Lipinski definition) is 3. The van der Waals surface area contributed by atoms with Crippen LogP contribution >= 0.6 is 0 Å². The first-order valence-electron chi connectivity index (χ1n) is 9.57. The van der Waals surface area contributed by atoms with E-state index in [0.29, 0.717) is 24.3 Å². The summed E-state index contributed by atoms with van der Waals surface area (Å²) >= 11 is 0. The summed E-state index contributed by atoms with van der Waals surface area (Å²) in [5, 5.41) is 8.73. The highest BCUT2D eigenvalue weighted by Crippen LogP contribution is 2.33. The average molecular weight is 361 g/mol. The number of benzene rings is 1. The van der Waals surface area contributed by atoms with E-state index >= 15 is 0 Å². The largest absolute Gasteiger partial charge is 0.352 e. The summed E-state index contributed by atoms with van der Waals surface area (Å²) in [5.41, 5.74) is 2.08. The van der Waals surface area contributed by atoms with Crippen molar-refractivity contribution >= 4 is 17.6 Å². The lowest BCUT2D eigenvalue weighted by atomic mass is 9.95. The molecule has 144 valence electrons. The predicted octanol–water partition coefficient (Wildman–Crippen LogP) is 3.13. The Hall–Kier alpha value is -2.08. The molecule has 6 nitrogen and oxygen atoms in total. The van der Waals surface area contributed by atoms with E-state index < -0.39 is 0 Å². The van der Waals surface area contributed by atoms with Crippen LogP contribution in [0.15, 0.2) is 18.2 Å². The van der Waals surface area contributed by atoms with Crippen molar-refractivity contribution in [1.82, 2.24) is 15.5 Å². The standard InChI is InChI=1S/C20H32N4O2/c1-5-21-18(25)16-10-9-11-17(15(16)3)23-19(26)22-14-20(24(4)6-2)12-7-8-13-20/h9-11H,5-8,12-14H2,1-4H3,(H,21,25)(H2,22,23,26). The van der Waals surface area contributed by atoms with Gasteiger partial charge in [-0.15, -0.1) is 0 Å². The van der Waals surface area contributed by atoms with Gasteiger partial charge in [-0.3, -0.25) is 9.69 Å². The number of amides is 3. The number of urea groups is 1. The van der Waals surface area contributed by atoms with Gasteiger partial charge in [0.2, 0.25) is 0 Å². The smallest absolute Gasteiger partial charge is 0.319 e. The topological polar surface area (TPSA) is 73.5 Å². The number of rotatable bonds is 7. The molecule has 0 atom stereocenters. The molecule has 0 aliphatic heterocycles. The number of carbonyl (C=O) groups is 2. The van der Waals surface area contributed by atoms with Crippen LogP contribution in [0.25, 0.3) is 0 Å². The Kier molecular flexibility index (Phi) is 7.03. The van der Waals surface area contributed by atoms with Crippen LogP contribution in [0.5, 0.6) is 0 Å². The van der Waals surface area contributed by atoms with Crippen LogP contribution in [-0.2, 0) is 0 Å². The fourth-order valence-electron chi connectivity index (χ4n) is 3.75. The molecule has 0 radical (unpaired) electrons. The van der Waals surface area contributed by atoms with E-state index in [1.54, 1.807) is 12.1 Å². The minimum Gasteiger partial charge on any atom is -0.352 e. The van der Waals surface area contributed by atoms with Gasteiger partial charge in [-0.2, -0.15) is 0 Å². The SMILES string of the molecule is CCNC(=O)c1cccc(NC(=O)NCC2(N(C)CC)CCCC2)c1C. The molecular formula is C20H32N4O2. The summed E-state index contributed by atoms with van der Waals surface area (Å²) < 4.78 is 0. The lowest BCUT2D eigenvalue weighted by Gasteiger charge is -2.38. The highest BCUT2D eigenvalue weighted by molar-refractivity contribution is 5.99. The summed E-state index contributed by atoms with van der Waals surface area (Å²) in [7, 11) is 2.13. The first kappa shape index (κ1) is 20.2. The Morgan fingerprint density at radius 3 is 2.46 bits per heavy atom. The van der Waals surface area contributed by atoms with Gasteiger partial charge in [-0.25, -0.2) is 4.79 Å². The molecule has 6 heteroatoms. The van der Waals surface area contributed by atoms with Crippen LogP contribution in [0.4, 0.5) is 10.5 Å². The first-order chi connectivity index (χ1) is 12.4. The number of anilines is 1. The van der Waals surface area contributed by atoms with Crippen molar-refractivity contribution in [2.75, 3.05) is 32.0 Å². The molecular weight excluding hydrogens is 328 g/mol. The zero-order chi connectivity index (χ0) is 19.2. The molecule has 0 heterocycles. The summed E-state index contributed by atoms with van der Waals surface area (Å²) in [6.07, 6.45) is 4.65. The lowest BCUT2D eigenvalue weighted by molar-refractivity contribution is 0.0955. The summed E-state index contributed by atoms with van der Waals surface area (Å²) in [4.78, 5) is 26.9. The molecule has 1 saturated carbocycles. The van der Waals surface area contributed by atoms with Gasteiger partial charge < -0.3 is 16.0 Å². The van der Waals surface area contributed by atoms with Crippen molar-refractivity contribution in [1.29, 1.82) is 0 Å². The highest BCUT2D eigenvalue weighted by atomic mass is 16.2. The van der Waals surface area contributed by atoms with E-state index in [1.807, 2.05) is 19.9 Å². The third kappa shape index (κ3) is 4.55. The van der Waals surface area contributed by atoms with Crippen LogP contribution in [0.2, 0.25) is 0 Å². The van der Waals surface area contributed by atoms with Gasteiger partial charge in [0.15, 0.2) is 0 Å². The second-order valence-electron chi connectivity index (χ2n) is 7.09. The number of nitrogens with one attached hydrogen (secondary N) is 3. The van der Waals surface area contributed by atoms with Gasteiger partial charge in [-0.05, 0) is 58.0 Å². The summed E-state index contributed by atoms with van der Waals surface area (Å²) in [6, 6.07) is 5.15. The maximum Gasteiger partial charge on any atom is 0.319 e. The lowest BCUT2D eigenvalue weighted by Crippen LogP contribution is -2.53. The molecule has 1 aromatic carbocycles. The van der Waals surface area contributed by atoms with E-state index in [4.69, 9.17) is 0 Å². The Labute approximate surface area is 156 Å². The van der Waals surface area contributed by atoms with Crippen LogP contribution in [0, 0.1) is 6.92 Å². The molecule has 0 spiro atoms. The van der Waals surface area contributed by atoms with Crippen molar-refractivity contribution < 1.29 is 9.59 Å². The molecule has 0 aromatic heterocycles. The molecule has 1 aliphatic carbocycles. The van der Waals surface area contributed by atoms with Crippen LogP contribution in [0.3, 0.4) is 0 Å². The second kappa shape index (κ2) is 9.03. The maximum atomic E-state index is 12.4. The van der Waals surface area contributed by atoms with E-state index in [2.05, 4.69) is 34.8 Å². The van der Waals surface area contributed by atoms with Gasteiger partial charge in [0.05, 0.1) is 0 Å². The third-order valence-corrected chi connectivity index (χ3v) is 5.56. The second-order valence-corrected chi connectivity index (χ2v) is 7.09. The molecule has 3 amide bonds. The quantitative estimate of drug-likeness (QED) is 0.699. The molecule has 26 heavy (non-hydrogen) atoms. The van der Waals surface area contributed by atoms with Gasteiger partial charge in [0.1, 0.15) is 0 Å². The Balaban J connectivity index is 2.02. The number of hydrogen-bond donors (Lipinski definition) is 3. The van der Waals surface area contributed by atoms with Crippen LogP contribution in [-0.4, -0.2) is 49.1 Å². The average Bonchev–Trinajstić information content (AvgIpc) is 3.11. The van der Waals surface area contributed by atoms with Crippen molar-refractivity contribution in [3.05, 3.63) is 29.3 Å². The minimum atomic E-state index is -0.225. The van der Waals surface area contributed by atoms with Gasteiger partial charge in [0, 0.05) is 29.9 Å². The normalized spacial score (nSPS) is 15.7. The zero-order valence-electron chi connectivity index (χ0n) is 16.4. The molecule has 1 aliphatic rings. The van der Waals surface area contributed by atoms with Crippen molar-refractivity contribution in [3.63, 3.8) is 0 Å². The van der Waals surface area contributed by atoms with Crippen molar-refractivity contribution in [2.45, 2.75) is 52.0 Å². The molecule has 0 bridgehead atoms. The van der Waals surface area contributed by atoms with Crippen molar-refractivity contribution in [2.24, 2.45) is 0 Å². The first-order valence-corrected chi connectivity index (χ1v) is 9.57. The summed E-state index contributed by atoms with van der Waals surface area (Å²) in [5.74, 6) is -0.122. The number of likely N-dealkylation sites (N-methyl/N-ethyl adjacent to an activating group) is 1. The van der Waals surface area contributed by atoms with E-state index in [0.717, 1.165) is 24.9 Å². The summed E-state index contributed by atoms with van der Waals surface area (Å²) in [6.45, 7) is 8.06.